The molecule has 0 aromatic heterocycles. The summed E-state index contributed by atoms with van der Waals surface area (Å²) in [5.41, 5.74) is 0. The first-order chi connectivity index (χ1) is 20.7. The van der Waals surface area contributed by atoms with E-state index >= 15 is 0 Å². The van der Waals surface area contributed by atoms with Gasteiger partial charge in [0, 0.05) is 6.42 Å². The third kappa shape index (κ3) is 30.3. The Labute approximate surface area is 262 Å². The second-order valence-corrected chi connectivity index (χ2v) is 12.6. The first-order valence-corrected chi connectivity index (χ1v) is 18.5. The van der Waals surface area contributed by atoms with Crippen molar-refractivity contribution < 1.29 is 15.0 Å². The Bertz CT molecular complexity index is 603. The number of amides is 1. The van der Waals surface area contributed by atoms with E-state index in [-0.39, 0.29) is 12.5 Å². The van der Waals surface area contributed by atoms with Gasteiger partial charge < -0.3 is 15.5 Å². The van der Waals surface area contributed by atoms with Gasteiger partial charge in [0.05, 0.1) is 18.8 Å². The number of hydrogen-bond acceptors (Lipinski definition) is 3. The standard InChI is InChI=1S/C38H73NO3/c1-3-5-7-9-11-13-14-15-16-17-18-19-20-21-22-23-24-26-28-30-32-34-38(42)39-36(35-40)37(41)33-31-29-27-25-12-10-8-6-4-2/h14-15,17-18,36-37,40-41H,3-13,16,19-35H2,1-2H3,(H,39,42)/b15-14-,18-17-. The molecule has 1 amide bonds. The van der Waals surface area contributed by atoms with Gasteiger partial charge in [0.15, 0.2) is 0 Å². The predicted molar refractivity (Wildman–Crippen MR) is 184 cm³/mol. The zero-order valence-electron chi connectivity index (χ0n) is 28.3. The molecule has 3 N–H and O–H groups in total. The number of rotatable bonds is 33. The molecule has 4 nitrogen and oxygen atoms in total. The zero-order chi connectivity index (χ0) is 30.8. The van der Waals surface area contributed by atoms with Crippen molar-refractivity contribution in [2.75, 3.05) is 6.61 Å². The second kappa shape index (κ2) is 34.4. The fourth-order valence-corrected chi connectivity index (χ4v) is 5.57. The van der Waals surface area contributed by atoms with Gasteiger partial charge in [0.25, 0.3) is 0 Å². The van der Waals surface area contributed by atoms with Crippen LogP contribution in [0.15, 0.2) is 24.3 Å². The summed E-state index contributed by atoms with van der Waals surface area (Å²) in [6.07, 6.45) is 42.3. The summed E-state index contributed by atoms with van der Waals surface area (Å²) in [4.78, 5) is 12.3. The average molecular weight is 592 g/mol. The Hall–Kier alpha value is -1.13. The molecule has 0 aliphatic carbocycles. The largest absolute Gasteiger partial charge is 0.394 e. The molecule has 0 aromatic rings. The molecule has 2 unspecified atom stereocenters. The maximum absolute atomic E-state index is 12.3. The van der Waals surface area contributed by atoms with Crippen LogP contribution in [0.5, 0.6) is 0 Å². The van der Waals surface area contributed by atoms with Crippen LogP contribution >= 0.6 is 0 Å². The number of hydrogen-bond donors (Lipinski definition) is 3. The molecule has 0 saturated carbocycles. The number of allylic oxidation sites excluding steroid dienone is 4. The molecule has 0 aromatic carbocycles. The van der Waals surface area contributed by atoms with Crippen molar-refractivity contribution in [3.63, 3.8) is 0 Å². The number of carbonyl (C=O) groups is 1. The maximum atomic E-state index is 12.3. The molecule has 0 aliphatic heterocycles. The van der Waals surface area contributed by atoms with E-state index in [0.29, 0.717) is 12.8 Å². The first-order valence-electron chi connectivity index (χ1n) is 18.5. The van der Waals surface area contributed by atoms with Crippen LogP contribution in [0.2, 0.25) is 0 Å². The summed E-state index contributed by atoms with van der Waals surface area (Å²) in [5.74, 6) is -0.0388. The summed E-state index contributed by atoms with van der Waals surface area (Å²) < 4.78 is 0. The van der Waals surface area contributed by atoms with Gasteiger partial charge in [-0.05, 0) is 44.9 Å². The first kappa shape index (κ1) is 40.9. The van der Waals surface area contributed by atoms with Crippen molar-refractivity contribution >= 4 is 5.91 Å². The Kier molecular flexibility index (Phi) is 33.4. The minimum absolute atomic E-state index is 0.0388. The van der Waals surface area contributed by atoms with E-state index in [1.807, 2.05) is 0 Å². The Morgan fingerprint density at radius 1 is 0.571 bits per heavy atom. The molecule has 0 spiro atoms. The molecule has 0 bridgehead atoms. The van der Waals surface area contributed by atoms with Gasteiger partial charge in [0.1, 0.15) is 0 Å². The smallest absolute Gasteiger partial charge is 0.220 e. The quantitative estimate of drug-likeness (QED) is 0.0525. The highest BCUT2D eigenvalue weighted by Gasteiger charge is 2.19. The van der Waals surface area contributed by atoms with E-state index in [4.69, 9.17) is 0 Å². The average Bonchev–Trinajstić information content (AvgIpc) is 2.99. The fourth-order valence-electron chi connectivity index (χ4n) is 5.57. The number of aliphatic hydroxyl groups is 2. The van der Waals surface area contributed by atoms with Crippen LogP contribution in [-0.2, 0) is 4.79 Å². The van der Waals surface area contributed by atoms with Crippen LogP contribution in [0.25, 0.3) is 0 Å². The van der Waals surface area contributed by atoms with Crippen LogP contribution in [0.3, 0.4) is 0 Å². The number of carbonyl (C=O) groups excluding carboxylic acids is 1. The Morgan fingerprint density at radius 3 is 1.43 bits per heavy atom. The molecular formula is C38H73NO3. The highest BCUT2D eigenvalue weighted by Crippen LogP contribution is 2.14. The normalized spacial score (nSPS) is 13.3. The highest BCUT2D eigenvalue weighted by atomic mass is 16.3. The molecule has 0 aliphatic rings. The Balaban J connectivity index is 3.53. The molecule has 0 rings (SSSR count). The summed E-state index contributed by atoms with van der Waals surface area (Å²) in [6.45, 7) is 4.32. The molecule has 42 heavy (non-hydrogen) atoms. The van der Waals surface area contributed by atoms with Crippen molar-refractivity contribution in [2.45, 2.75) is 206 Å². The van der Waals surface area contributed by atoms with Gasteiger partial charge in [-0.25, -0.2) is 0 Å². The van der Waals surface area contributed by atoms with Crippen molar-refractivity contribution in [3.8, 4) is 0 Å². The van der Waals surface area contributed by atoms with Gasteiger partial charge in [-0.15, -0.1) is 0 Å². The molecule has 0 heterocycles. The highest BCUT2D eigenvalue weighted by molar-refractivity contribution is 5.76. The lowest BCUT2D eigenvalue weighted by Crippen LogP contribution is -2.45. The molecule has 4 heteroatoms. The third-order valence-electron chi connectivity index (χ3n) is 8.47. The molecule has 0 fully saturated rings. The van der Waals surface area contributed by atoms with E-state index in [2.05, 4.69) is 43.5 Å². The van der Waals surface area contributed by atoms with Gasteiger partial charge in [-0.1, -0.05) is 167 Å². The lowest BCUT2D eigenvalue weighted by Gasteiger charge is -2.22. The van der Waals surface area contributed by atoms with E-state index in [1.165, 1.54) is 135 Å². The van der Waals surface area contributed by atoms with E-state index in [0.717, 1.165) is 32.1 Å². The van der Waals surface area contributed by atoms with Crippen LogP contribution in [0, 0.1) is 0 Å². The number of nitrogens with one attached hydrogen (secondary N) is 1. The molecule has 2 atom stereocenters. The Morgan fingerprint density at radius 2 is 0.976 bits per heavy atom. The summed E-state index contributed by atoms with van der Waals surface area (Å²) in [7, 11) is 0. The molecule has 0 radical (unpaired) electrons. The van der Waals surface area contributed by atoms with Crippen molar-refractivity contribution in [1.82, 2.24) is 5.32 Å². The topological polar surface area (TPSA) is 69.6 Å². The van der Waals surface area contributed by atoms with Crippen molar-refractivity contribution in [3.05, 3.63) is 24.3 Å². The second-order valence-electron chi connectivity index (χ2n) is 12.6. The summed E-state index contributed by atoms with van der Waals surface area (Å²) in [5, 5.41) is 22.9. The minimum Gasteiger partial charge on any atom is -0.394 e. The van der Waals surface area contributed by atoms with Gasteiger partial charge in [-0.3, -0.25) is 4.79 Å². The lowest BCUT2D eigenvalue weighted by atomic mass is 10.0. The van der Waals surface area contributed by atoms with Crippen molar-refractivity contribution in [2.24, 2.45) is 0 Å². The number of unbranched alkanes of at least 4 members (excludes halogenated alkanes) is 22. The van der Waals surface area contributed by atoms with Crippen LogP contribution in [0.4, 0.5) is 0 Å². The van der Waals surface area contributed by atoms with Crippen molar-refractivity contribution in [1.29, 1.82) is 0 Å². The molecule has 248 valence electrons. The van der Waals surface area contributed by atoms with Gasteiger partial charge in [0.2, 0.25) is 5.91 Å². The van der Waals surface area contributed by atoms with Gasteiger partial charge >= 0.3 is 0 Å². The predicted octanol–water partition coefficient (Wildman–Crippen LogP) is 10.9. The van der Waals surface area contributed by atoms with Crippen LogP contribution in [0.1, 0.15) is 194 Å². The van der Waals surface area contributed by atoms with Crippen LogP contribution < -0.4 is 5.32 Å². The number of aliphatic hydroxyl groups excluding tert-OH is 2. The summed E-state index contributed by atoms with van der Waals surface area (Å²) >= 11 is 0. The van der Waals surface area contributed by atoms with E-state index in [1.54, 1.807) is 0 Å². The molecular weight excluding hydrogens is 518 g/mol. The monoisotopic (exact) mass is 592 g/mol. The SMILES string of the molecule is CCCCCCC/C=C\C/C=C\CCCCCCCCCCCC(=O)NC(CO)C(O)CCCCCCCCCCC. The van der Waals surface area contributed by atoms with Gasteiger partial charge in [-0.2, -0.15) is 0 Å². The van der Waals surface area contributed by atoms with E-state index < -0.39 is 12.1 Å². The third-order valence-corrected chi connectivity index (χ3v) is 8.47. The summed E-state index contributed by atoms with van der Waals surface area (Å²) in [6, 6.07) is -0.534. The minimum atomic E-state index is -0.656. The maximum Gasteiger partial charge on any atom is 0.220 e. The zero-order valence-corrected chi connectivity index (χ0v) is 28.3. The lowest BCUT2D eigenvalue weighted by molar-refractivity contribution is -0.123. The van der Waals surface area contributed by atoms with Crippen LogP contribution in [-0.4, -0.2) is 34.9 Å². The fraction of sp³-hybridized carbons (Fsp3) is 0.868. The van der Waals surface area contributed by atoms with E-state index in [9.17, 15) is 15.0 Å². The molecule has 0 saturated heterocycles.